The summed E-state index contributed by atoms with van der Waals surface area (Å²) in [6.45, 7) is 2.04. The molecule has 146 valence electrons. The highest BCUT2D eigenvalue weighted by molar-refractivity contribution is 7.07. The molecule has 1 aliphatic rings. The van der Waals surface area contributed by atoms with Gasteiger partial charge in [0.1, 0.15) is 0 Å². The molecule has 2 aromatic rings. The standard InChI is InChI=1S/C20H27N3O3S/c1-14-13-27-20(22-16-8-6-5-7-9-16)23(14)21-12-15-10-17(24-2)19(26-4)18(11-15)25-3/h10-13,16H,5-9H2,1-4H3/b21-12+,22-20?. The Hall–Kier alpha value is -2.28. The van der Waals surface area contributed by atoms with Gasteiger partial charge in [0.05, 0.1) is 39.3 Å². The molecule has 0 atom stereocenters. The van der Waals surface area contributed by atoms with E-state index in [9.17, 15) is 0 Å². The topological polar surface area (TPSA) is 57.3 Å². The van der Waals surface area contributed by atoms with Gasteiger partial charge in [-0.15, -0.1) is 11.3 Å². The van der Waals surface area contributed by atoms with Crippen molar-refractivity contribution in [1.29, 1.82) is 0 Å². The summed E-state index contributed by atoms with van der Waals surface area (Å²) in [5, 5.41) is 6.76. The molecular formula is C20H27N3O3S. The van der Waals surface area contributed by atoms with Crippen LogP contribution in [-0.4, -0.2) is 38.3 Å². The molecule has 0 saturated heterocycles. The minimum absolute atomic E-state index is 0.416. The highest BCUT2D eigenvalue weighted by atomic mass is 32.1. The van der Waals surface area contributed by atoms with Gasteiger partial charge in [-0.3, -0.25) is 4.99 Å². The maximum Gasteiger partial charge on any atom is 0.206 e. The number of aryl methyl sites for hydroxylation is 1. The Morgan fingerprint density at radius 2 is 1.70 bits per heavy atom. The first kappa shape index (κ1) is 19.5. The largest absolute Gasteiger partial charge is 0.493 e. The summed E-state index contributed by atoms with van der Waals surface area (Å²) >= 11 is 1.64. The van der Waals surface area contributed by atoms with Gasteiger partial charge in [-0.25, -0.2) is 4.68 Å². The number of ether oxygens (including phenoxy) is 3. The van der Waals surface area contributed by atoms with E-state index in [1.807, 2.05) is 23.7 Å². The first-order valence-corrected chi connectivity index (χ1v) is 10.1. The van der Waals surface area contributed by atoms with Gasteiger partial charge in [-0.2, -0.15) is 5.10 Å². The molecule has 3 rings (SSSR count). The van der Waals surface area contributed by atoms with Crippen LogP contribution in [0.25, 0.3) is 0 Å². The molecule has 0 N–H and O–H groups in total. The lowest BCUT2D eigenvalue weighted by Gasteiger charge is -2.16. The van der Waals surface area contributed by atoms with E-state index in [-0.39, 0.29) is 0 Å². The quantitative estimate of drug-likeness (QED) is 0.702. The number of aromatic nitrogens is 1. The van der Waals surface area contributed by atoms with E-state index in [2.05, 4.69) is 10.5 Å². The minimum Gasteiger partial charge on any atom is -0.493 e. The van der Waals surface area contributed by atoms with Crippen molar-refractivity contribution in [2.24, 2.45) is 10.1 Å². The zero-order valence-corrected chi connectivity index (χ0v) is 17.2. The smallest absolute Gasteiger partial charge is 0.206 e. The lowest BCUT2D eigenvalue weighted by molar-refractivity contribution is 0.324. The third-order valence-corrected chi connectivity index (χ3v) is 5.68. The molecule has 1 aromatic heterocycles. The Bertz CT molecular complexity index is 839. The van der Waals surface area contributed by atoms with Crippen molar-refractivity contribution in [2.75, 3.05) is 21.3 Å². The summed E-state index contributed by atoms with van der Waals surface area (Å²) in [6.07, 6.45) is 8.01. The molecule has 1 heterocycles. The van der Waals surface area contributed by atoms with Crippen LogP contribution >= 0.6 is 11.3 Å². The molecule has 27 heavy (non-hydrogen) atoms. The second kappa shape index (κ2) is 9.08. The van der Waals surface area contributed by atoms with Crippen molar-refractivity contribution >= 4 is 17.6 Å². The summed E-state index contributed by atoms with van der Waals surface area (Å²) in [5.41, 5.74) is 1.93. The normalized spacial score (nSPS) is 16.1. The van der Waals surface area contributed by atoms with Gasteiger partial charge in [-0.05, 0) is 31.9 Å². The van der Waals surface area contributed by atoms with Gasteiger partial charge in [0.15, 0.2) is 11.5 Å². The summed E-state index contributed by atoms with van der Waals surface area (Å²) in [7, 11) is 4.81. The van der Waals surface area contributed by atoms with Crippen molar-refractivity contribution < 1.29 is 14.2 Å². The van der Waals surface area contributed by atoms with Gasteiger partial charge < -0.3 is 14.2 Å². The summed E-state index contributed by atoms with van der Waals surface area (Å²) in [5.74, 6) is 1.79. The first-order chi connectivity index (χ1) is 13.2. The van der Waals surface area contributed by atoms with E-state index in [4.69, 9.17) is 19.2 Å². The average Bonchev–Trinajstić information content (AvgIpc) is 3.05. The first-order valence-electron chi connectivity index (χ1n) is 9.21. The Morgan fingerprint density at radius 3 is 2.30 bits per heavy atom. The molecule has 0 amide bonds. The number of rotatable bonds is 6. The number of hydrogen-bond donors (Lipinski definition) is 0. The number of thiazole rings is 1. The Labute approximate surface area is 164 Å². The van der Waals surface area contributed by atoms with Gasteiger partial charge in [-0.1, -0.05) is 19.3 Å². The number of nitrogens with zero attached hydrogens (tertiary/aromatic N) is 3. The molecule has 1 fully saturated rings. The number of hydrogen-bond acceptors (Lipinski definition) is 6. The van der Waals surface area contributed by atoms with Crippen molar-refractivity contribution in [3.05, 3.63) is 33.6 Å². The van der Waals surface area contributed by atoms with Gasteiger partial charge >= 0.3 is 0 Å². The van der Waals surface area contributed by atoms with E-state index >= 15 is 0 Å². The van der Waals surface area contributed by atoms with Crippen LogP contribution in [0, 0.1) is 6.92 Å². The summed E-state index contributed by atoms with van der Waals surface area (Å²) in [4.78, 5) is 5.89. The zero-order chi connectivity index (χ0) is 19.2. The average molecular weight is 390 g/mol. The third-order valence-electron chi connectivity index (χ3n) is 4.73. The van der Waals surface area contributed by atoms with Crippen molar-refractivity contribution in [2.45, 2.75) is 45.1 Å². The minimum atomic E-state index is 0.416. The summed E-state index contributed by atoms with van der Waals surface area (Å²) in [6, 6.07) is 4.18. The third kappa shape index (κ3) is 4.53. The van der Waals surface area contributed by atoms with Crippen LogP contribution in [0.5, 0.6) is 17.2 Å². The molecule has 1 aromatic carbocycles. The lowest BCUT2D eigenvalue weighted by atomic mass is 9.96. The Kier molecular flexibility index (Phi) is 6.55. The fourth-order valence-electron chi connectivity index (χ4n) is 3.28. The molecule has 6 nitrogen and oxygen atoms in total. The number of benzene rings is 1. The second-order valence-electron chi connectivity index (χ2n) is 6.60. The predicted molar refractivity (Wildman–Crippen MR) is 109 cm³/mol. The predicted octanol–water partition coefficient (Wildman–Crippen LogP) is 4.00. The highest BCUT2D eigenvalue weighted by Crippen LogP contribution is 2.37. The van der Waals surface area contributed by atoms with Gasteiger partial charge in [0, 0.05) is 10.9 Å². The molecule has 0 bridgehead atoms. The molecule has 0 aliphatic heterocycles. The monoisotopic (exact) mass is 389 g/mol. The highest BCUT2D eigenvalue weighted by Gasteiger charge is 2.14. The van der Waals surface area contributed by atoms with Crippen LogP contribution in [0.15, 0.2) is 27.6 Å². The van der Waals surface area contributed by atoms with Crippen LogP contribution in [0.2, 0.25) is 0 Å². The molecule has 0 radical (unpaired) electrons. The van der Waals surface area contributed by atoms with Crippen LogP contribution in [0.3, 0.4) is 0 Å². The van der Waals surface area contributed by atoms with Crippen LogP contribution in [-0.2, 0) is 0 Å². The molecule has 7 heteroatoms. The van der Waals surface area contributed by atoms with Crippen molar-refractivity contribution in [1.82, 2.24) is 4.68 Å². The van der Waals surface area contributed by atoms with Crippen LogP contribution < -0.4 is 19.0 Å². The maximum atomic E-state index is 5.41. The molecule has 0 unspecified atom stereocenters. The van der Waals surface area contributed by atoms with Gasteiger partial charge in [0.2, 0.25) is 10.6 Å². The van der Waals surface area contributed by atoms with E-state index in [0.717, 1.165) is 16.1 Å². The SMILES string of the molecule is COc1cc(/C=N/n2c(C)csc2=NC2CCCCC2)cc(OC)c1OC. The Morgan fingerprint density at radius 1 is 1.04 bits per heavy atom. The Balaban J connectivity index is 1.92. The van der Waals surface area contributed by atoms with E-state index in [1.54, 1.807) is 38.9 Å². The zero-order valence-electron chi connectivity index (χ0n) is 16.4. The van der Waals surface area contributed by atoms with Crippen molar-refractivity contribution in [3.8, 4) is 17.2 Å². The van der Waals surface area contributed by atoms with Crippen LogP contribution in [0.1, 0.15) is 43.4 Å². The van der Waals surface area contributed by atoms with E-state index in [0.29, 0.717) is 23.3 Å². The lowest BCUT2D eigenvalue weighted by Crippen LogP contribution is -2.19. The second-order valence-corrected chi connectivity index (χ2v) is 7.43. The molecular weight excluding hydrogens is 362 g/mol. The maximum absolute atomic E-state index is 5.41. The molecule has 0 spiro atoms. The fourth-order valence-corrected chi connectivity index (χ4v) is 4.16. The fraction of sp³-hybridized carbons (Fsp3) is 0.500. The van der Waals surface area contributed by atoms with Crippen molar-refractivity contribution in [3.63, 3.8) is 0 Å². The van der Waals surface area contributed by atoms with E-state index < -0.39 is 0 Å². The summed E-state index contributed by atoms with van der Waals surface area (Å²) < 4.78 is 18.1. The van der Waals surface area contributed by atoms with E-state index in [1.165, 1.54) is 32.1 Å². The van der Waals surface area contributed by atoms with Gasteiger partial charge in [0.25, 0.3) is 0 Å². The molecule has 1 aliphatic carbocycles. The van der Waals surface area contributed by atoms with Crippen LogP contribution in [0.4, 0.5) is 0 Å². The molecule has 1 saturated carbocycles. The number of methoxy groups -OCH3 is 3.